The molecule has 3 rings (SSSR count). The number of anilines is 2. The molecule has 2 aromatic rings. The van der Waals surface area contributed by atoms with Gasteiger partial charge in [0.15, 0.2) is 0 Å². The Morgan fingerprint density at radius 1 is 0.850 bits per heavy atom. The van der Waals surface area contributed by atoms with Crippen molar-refractivity contribution in [2.45, 2.75) is 0 Å². The molecule has 1 fully saturated rings. The van der Waals surface area contributed by atoms with Crippen LogP contribution < -0.4 is 9.80 Å². The molecular weight excluding hydrogens is 293 g/mol. The van der Waals surface area contributed by atoms with Gasteiger partial charge in [0.2, 0.25) is 0 Å². The highest BCUT2D eigenvalue weighted by Crippen LogP contribution is 2.23. The number of pyridine rings is 1. The van der Waals surface area contributed by atoms with Gasteiger partial charge in [0, 0.05) is 36.9 Å². The first kappa shape index (κ1) is 13.5. The van der Waals surface area contributed by atoms with Crippen molar-refractivity contribution >= 4 is 34.6 Å². The van der Waals surface area contributed by atoms with Crippen molar-refractivity contribution in [3.05, 3.63) is 52.8 Å². The maximum atomic E-state index is 6.05. The van der Waals surface area contributed by atoms with Crippen LogP contribution in [-0.2, 0) is 0 Å². The van der Waals surface area contributed by atoms with Crippen LogP contribution in [0, 0.1) is 0 Å². The number of nitrogens with zero attached hydrogens (tertiary/aromatic N) is 3. The minimum atomic E-state index is 0.534. The van der Waals surface area contributed by atoms with Crippen molar-refractivity contribution in [1.82, 2.24) is 4.98 Å². The summed E-state index contributed by atoms with van der Waals surface area (Å²) in [5.41, 5.74) is 2.31. The summed E-state index contributed by atoms with van der Waals surface area (Å²) in [6.45, 7) is 3.89. The van der Waals surface area contributed by atoms with Gasteiger partial charge in [-0.2, -0.15) is 0 Å². The Balaban J connectivity index is 1.66. The van der Waals surface area contributed by atoms with Crippen molar-refractivity contribution in [2.24, 2.45) is 0 Å². The number of rotatable bonds is 2. The number of hydrogen-bond donors (Lipinski definition) is 0. The lowest BCUT2D eigenvalue weighted by molar-refractivity contribution is 0.653. The summed E-state index contributed by atoms with van der Waals surface area (Å²) in [6, 6.07) is 11.9. The summed E-state index contributed by atoms with van der Waals surface area (Å²) < 4.78 is 0. The monoisotopic (exact) mass is 307 g/mol. The van der Waals surface area contributed by atoms with Crippen molar-refractivity contribution in [3.8, 4) is 0 Å². The van der Waals surface area contributed by atoms with E-state index >= 15 is 0 Å². The molecule has 1 aliphatic heterocycles. The fourth-order valence-electron chi connectivity index (χ4n) is 2.45. The highest BCUT2D eigenvalue weighted by atomic mass is 35.5. The zero-order valence-electron chi connectivity index (χ0n) is 11.0. The lowest BCUT2D eigenvalue weighted by atomic mass is 10.2. The average Bonchev–Trinajstić information content (AvgIpc) is 2.48. The Morgan fingerprint density at radius 3 is 2.15 bits per heavy atom. The van der Waals surface area contributed by atoms with E-state index in [-0.39, 0.29) is 0 Å². The molecule has 0 amide bonds. The van der Waals surface area contributed by atoms with E-state index in [9.17, 15) is 0 Å². The molecule has 104 valence electrons. The smallest absolute Gasteiger partial charge is 0.129 e. The van der Waals surface area contributed by atoms with E-state index in [0.717, 1.165) is 36.9 Å². The summed E-state index contributed by atoms with van der Waals surface area (Å²) in [5.74, 6) is 0. The third-order valence-corrected chi connectivity index (χ3v) is 3.99. The van der Waals surface area contributed by atoms with Crippen molar-refractivity contribution < 1.29 is 0 Å². The average molecular weight is 308 g/mol. The molecule has 0 bridgehead atoms. The van der Waals surface area contributed by atoms with Crippen LogP contribution in [0.1, 0.15) is 0 Å². The van der Waals surface area contributed by atoms with Gasteiger partial charge in [0.1, 0.15) is 5.15 Å². The van der Waals surface area contributed by atoms with Crippen LogP contribution in [0.5, 0.6) is 0 Å². The molecular formula is C15H15Cl2N3. The number of aromatic nitrogens is 1. The van der Waals surface area contributed by atoms with Crippen LogP contribution >= 0.6 is 23.2 Å². The molecule has 0 unspecified atom stereocenters. The van der Waals surface area contributed by atoms with Gasteiger partial charge < -0.3 is 9.80 Å². The largest absolute Gasteiger partial charge is 0.368 e. The van der Waals surface area contributed by atoms with Crippen molar-refractivity contribution in [3.63, 3.8) is 0 Å². The van der Waals surface area contributed by atoms with Crippen LogP contribution in [0.2, 0.25) is 10.2 Å². The first-order chi connectivity index (χ1) is 9.72. The normalized spacial score (nSPS) is 15.5. The van der Waals surface area contributed by atoms with Gasteiger partial charge in [-0.25, -0.2) is 4.98 Å². The first-order valence-electron chi connectivity index (χ1n) is 6.59. The number of halogens is 2. The summed E-state index contributed by atoms with van der Waals surface area (Å²) in [4.78, 5) is 8.81. The lowest BCUT2D eigenvalue weighted by Crippen LogP contribution is -2.46. The molecule has 1 aliphatic rings. The molecule has 0 aliphatic carbocycles. The van der Waals surface area contributed by atoms with Gasteiger partial charge in [0.25, 0.3) is 0 Å². The van der Waals surface area contributed by atoms with Crippen LogP contribution in [0.15, 0.2) is 42.6 Å². The van der Waals surface area contributed by atoms with Crippen LogP contribution in [0.3, 0.4) is 0 Å². The molecule has 0 saturated carbocycles. The van der Waals surface area contributed by atoms with E-state index < -0.39 is 0 Å². The number of piperazine rings is 1. The van der Waals surface area contributed by atoms with E-state index in [1.54, 1.807) is 0 Å². The molecule has 5 heteroatoms. The molecule has 0 N–H and O–H groups in total. The van der Waals surface area contributed by atoms with E-state index in [1.165, 1.54) is 5.69 Å². The topological polar surface area (TPSA) is 19.4 Å². The molecule has 1 aromatic heterocycles. The van der Waals surface area contributed by atoms with E-state index in [0.29, 0.717) is 5.15 Å². The zero-order chi connectivity index (χ0) is 13.9. The molecule has 1 aromatic carbocycles. The first-order valence-corrected chi connectivity index (χ1v) is 7.35. The summed E-state index contributed by atoms with van der Waals surface area (Å²) >= 11 is 11.9. The second kappa shape index (κ2) is 5.90. The van der Waals surface area contributed by atoms with E-state index in [2.05, 4.69) is 20.9 Å². The minimum Gasteiger partial charge on any atom is -0.368 e. The van der Waals surface area contributed by atoms with Gasteiger partial charge in [-0.3, -0.25) is 0 Å². The quantitative estimate of drug-likeness (QED) is 0.788. The number of hydrogen-bond acceptors (Lipinski definition) is 3. The Labute approximate surface area is 128 Å². The second-order valence-corrected chi connectivity index (χ2v) is 5.62. The maximum absolute atomic E-state index is 6.05. The Bertz CT molecular complexity index is 578. The SMILES string of the molecule is Clc1cccc(N2CCN(c3ccc(Cl)nc3)CC2)c1. The summed E-state index contributed by atoms with van der Waals surface area (Å²) in [7, 11) is 0. The van der Waals surface area contributed by atoms with Gasteiger partial charge in [0.05, 0.1) is 11.9 Å². The molecule has 3 nitrogen and oxygen atoms in total. The predicted molar refractivity (Wildman–Crippen MR) is 85.1 cm³/mol. The highest BCUT2D eigenvalue weighted by molar-refractivity contribution is 6.30. The third kappa shape index (κ3) is 3.00. The Morgan fingerprint density at radius 2 is 1.55 bits per heavy atom. The van der Waals surface area contributed by atoms with Crippen molar-refractivity contribution in [2.75, 3.05) is 36.0 Å². The highest BCUT2D eigenvalue weighted by Gasteiger charge is 2.17. The summed E-state index contributed by atoms with van der Waals surface area (Å²) in [5, 5.41) is 1.32. The predicted octanol–water partition coefficient (Wildman–Crippen LogP) is 3.72. The fourth-order valence-corrected chi connectivity index (χ4v) is 2.75. The standard InChI is InChI=1S/C15H15Cl2N3/c16-12-2-1-3-13(10-12)19-6-8-20(9-7-19)14-4-5-15(17)18-11-14/h1-5,10-11H,6-9H2. The molecule has 20 heavy (non-hydrogen) atoms. The minimum absolute atomic E-state index is 0.534. The second-order valence-electron chi connectivity index (χ2n) is 4.79. The van der Waals surface area contributed by atoms with Crippen LogP contribution in [0.4, 0.5) is 11.4 Å². The van der Waals surface area contributed by atoms with E-state index in [4.69, 9.17) is 23.2 Å². The molecule has 1 saturated heterocycles. The number of benzene rings is 1. The van der Waals surface area contributed by atoms with Crippen LogP contribution in [-0.4, -0.2) is 31.2 Å². The Kier molecular flexibility index (Phi) is 3.99. The molecule has 2 heterocycles. The zero-order valence-corrected chi connectivity index (χ0v) is 12.5. The molecule has 0 atom stereocenters. The molecule has 0 radical (unpaired) electrons. The van der Waals surface area contributed by atoms with Crippen LogP contribution in [0.25, 0.3) is 0 Å². The van der Waals surface area contributed by atoms with E-state index in [1.807, 2.05) is 36.5 Å². The maximum Gasteiger partial charge on any atom is 0.129 e. The van der Waals surface area contributed by atoms with Gasteiger partial charge in [-0.1, -0.05) is 29.3 Å². The van der Waals surface area contributed by atoms with Gasteiger partial charge in [-0.15, -0.1) is 0 Å². The lowest BCUT2D eigenvalue weighted by Gasteiger charge is -2.37. The van der Waals surface area contributed by atoms with Crippen molar-refractivity contribution in [1.29, 1.82) is 0 Å². The fraction of sp³-hybridized carbons (Fsp3) is 0.267. The van der Waals surface area contributed by atoms with Gasteiger partial charge >= 0.3 is 0 Å². The molecule has 0 spiro atoms. The summed E-state index contributed by atoms with van der Waals surface area (Å²) in [6.07, 6.45) is 1.83. The van der Waals surface area contributed by atoms with Gasteiger partial charge in [-0.05, 0) is 30.3 Å². The third-order valence-electron chi connectivity index (χ3n) is 3.53. The Hall–Kier alpha value is -1.45.